The first-order valence-electron chi connectivity index (χ1n) is 5.87. The predicted molar refractivity (Wildman–Crippen MR) is 69.8 cm³/mol. The van der Waals surface area contributed by atoms with Gasteiger partial charge < -0.3 is 10.1 Å². The van der Waals surface area contributed by atoms with Gasteiger partial charge in [-0.2, -0.15) is 0 Å². The van der Waals surface area contributed by atoms with Gasteiger partial charge >= 0.3 is 0 Å². The molecule has 1 aromatic rings. The number of carbonyl (C=O) groups is 1. The molecular weight excluding hydrogens is 214 g/mol. The maximum Gasteiger partial charge on any atom is 0.182 e. The molecule has 94 valence electrons. The van der Waals surface area contributed by atoms with Crippen molar-refractivity contribution in [2.24, 2.45) is 0 Å². The molecule has 1 N–H and O–H groups in total. The molecule has 0 amide bonds. The molecular formula is C14H21NO2. The Kier molecular flexibility index (Phi) is 4.29. The summed E-state index contributed by atoms with van der Waals surface area (Å²) in [7, 11) is 3.44. The third-order valence-corrected chi connectivity index (χ3v) is 3.12. The van der Waals surface area contributed by atoms with E-state index in [1.807, 2.05) is 32.0 Å². The minimum atomic E-state index is -0.542. The fraction of sp³-hybridized carbons (Fsp3) is 0.500. The quantitative estimate of drug-likeness (QED) is 0.797. The molecule has 0 fully saturated rings. The summed E-state index contributed by atoms with van der Waals surface area (Å²) in [6.45, 7) is 5.81. The molecule has 0 unspecified atom stereocenters. The van der Waals surface area contributed by atoms with Gasteiger partial charge in [-0.05, 0) is 51.1 Å². The van der Waals surface area contributed by atoms with E-state index >= 15 is 0 Å². The van der Waals surface area contributed by atoms with Crippen LogP contribution in [0.3, 0.4) is 0 Å². The van der Waals surface area contributed by atoms with Crippen LogP contribution in [0.4, 0.5) is 0 Å². The molecule has 0 aliphatic heterocycles. The van der Waals surface area contributed by atoms with E-state index in [0.29, 0.717) is 0 Å². The number of methoxy groups -OCH3 is 1. The van der Waals surface area contributed by atoms with E-state index in [1.165, 1.54) is 0 Å². The number of Topliss-reactive ketones (excluding diaryl/α,β-unsaturated/α-hetero) is 1. The molecule has 17 heavy (non-hydrogen) atoms. The molecule has 0 radical (unpaired) electrons. The first-order chi connectivity index (χ1) is 7.96. The lowest BCUT2D eigenvalue weighted by atomic mass is 9.92. The molecule has 0 saturated heterocycles. The standard InChI is InChI=1S/C14H21NO2/c1-6-10-9-11(7-8-12(10)17-5)13(16)14(2,3)15-4/h7-9,15H,6H2,1-5H3. The zero-order chi connectivity index (χ0) is 13.1. The van der Waals surface area contributed by atoms with E-state index in [0.717, 1.165) is 23.3 Å². The average Bonchev–Trinajstić information content (AvgIpc) is 2.36. The van der Waals surface area contributed by atoms with Gasteiger partial charge in [-0.1, -0.05) is 6.92 Å². The molecule has 1 rings (SSSR count). The summed E-state index contributed by atoms with van der Waals surface area (Å²) >= 11 is 0. The normalized spacial score (nSPS) is 11.4. The average molecular weight is 235 g/mol. The summed E-state index contributed by atoms with van der Waals surface area (Å²) < 4.78 is 5.26. The Morgan fingerprint density at radius 2 is 2.06 bits per heavy atom. The Hall–Kier alpha value is -1.35. The second kappa shape index (κ2) is 5.32. The second-order valence-electron chi connectivity index (χ2n) is 4.58. The third kappa shape index (κ3) is 2.86. The van der Waals surface area contributed by atoms with Gasteiger partial charge in [0.1, 0.15) is 5.75 Å². The smallest absolute Gasteiger partial charge is 0.182 e. The Balaban J connectivity index is 3.12. The van der Waals surface area contributed by atoms with E-state index < -0.39 is 5.54 Å². The van der Waals surface area contributed by atoms with Crippen LogP contribution in [0.15, 0.2) is 18.2 Å². The summed E-state index contributed by atoms with van der Waals surface area (Å²) in [4.78, 5) is 12.3. The molecule has 0 aromatic heterocycles. The largest absolute Gasteiger partial charge is 0.496 e. The van der Waals surface area contributed by atoms with Crippen LogP contribution in [-0.4, -0.2) is 25.5 Å². The van der Waals surface area contributed by atoms with Crippen molar-refractivity contribution in [1.29, 1.82) is 0 Å². The van der Waals surface area contributed by atoms with Crippen molar-refractivity contribution < 1.29 is 9.53 Å². The number of benzene rings is 1. The number of rotatable bonds is 5. The Bertz CT molecular complexity index is 411. The summed E-state index contributed by atoms with van der Waals surface area (Å²) in [5.74, 6) is 0.934. The highest BCUT2D eigenvalue weighted by Gasteiger charge is 2.26. The number of ether oxygens (including phenoxy) is 1. The van der Waals surface area contributed by atoms with E-state index in [2.05, 4.69) is 12.2 Å². The zero-order valence-corrected chi connectivity index (χ0v) is 11.3. The highest BCUT2D eigenvalue weighted by atomic mass is 16.5. The van der Waals surface area contributed by atoms with Crippen molar-refractivity contribution in [2.45, 2.75) is 32.7 Å². The molecule has 0 spiro atoms. The molecule has 0 aliphatic carbocycles. The first kappa shape index (κ1) is 13.7. The minimum absolute atomic E-state index is 0.0948. The fourth-order valence-electron chi connectivity index (χ4n) is 1.67. The van der Waals surface area contributed by atoms with Crippen LogP contribution in [0.25, 0.3) is 0 Å². The third-order valence-electron chi connectivity index (χ3n) is 3.12. The van der Waals surface area contributed by atoms with Crippen LogP contribution in [-0.2, 0) is 6.42 Å². The molecule has 0 bridgehead atoms. The zero-order valence-electron chi connectivity index (χ0n) is 11.3. The van der Waals surface area contributed by atoms with E-state index in [-0.39, 0.29) is 5.78 Å². The van der Waals surface area contributed by atoms with Gasteiger partial charge in [0.15, 0.2) is 5.78 Å². The topological polar surface area (TPSA) is 38.3 Å². The molecule has 0 saturated carbocycles. The number of carbonyl (C=O) groups excluding carboxylic acids is 1. The van der Waals surface area contributed by atoms with Gasteiger partial charge in [-0.15, -0.1) is 0 Å². The lowest BCUT2D eigenvalue weighted by Gasteiger charge is -2.22. The summed E-state index contributed by atoms with van der Waals surface area (Å²) in [6, 6.07) is 5.59. The maximum atomic E-state index is 12.3. The molecule has 0 heterocycles. The Morgan fingerprint density at radius 1 is 1.41 bits per heavy atom. The van der Waals surface area contributed by atoms with Crippen LogP contribution in [0.2, 0.25) is 0 Å². The molecule has 0 aliphatic rings. The van der Waals surface area contributed by atoms with Crippen LogP contribution < -0.4 is 10.1 Å². The first-order valence-corrected chi connectivity index (χ1v) is 5.87. The van der Waals surface area contributed by atoms with Crippen molar-refractivity contribution in [3.63, 3.8) is 0 Å². The number of nitrogens with one attached hydrogen (secondary N) is 1. The van der Waals surface area contributed by atoms with Gasteiger partial charge in [-0.3, -0.25) is 4.79 Å². The van der Waals surface area contributed by atoms with E-state index in [9.17, 15) is 4.79 Å². The monoisotopic (exact) mass is 235 g/mol. The minimum Gasteiger partial charge on any atom is -0.496 e. The van der Waals surface area contributed by atoms with E-state index in [1.54, 1.807) is 14.2 Å². The highest BCUT2D eigenvalue weighted by molar-refractivity contribution is 6.02. The Morgan fingerprint density at radius 3 is 2.53 bits per heavy atom. The van der Waals surface area contributed by atoms with Gasteiger partial charge in [0.05, 0.1) is 12.6 Å². The second-order valence-corrected chi connectivity index (χ2v) is 4.58. The fourth-order valence-corrected chi connectivity index (χ4v) is 1.67. The maximum absolute atomic E-state index is 12.3. The van der Waals surface area contributed by atoms with Gasteiger partial charge in [0.2, 0.25) is 0 Å². The van der Waals surface area contributed by atoms with Gasteiger partial charge in [-0.25, -0.2) is 0 Å². The molecule has 3 heteroatoms. The number of likely N-dealkylation sites (N-methyl/N-ethyl adjacent to an activating group) is 1. The number of hydrogen-bond donors (Lipinski definition) is 1. The van der Waals surface area contributed by atoms with Crippen molar-refractivity contribution in [3.8, 4) is 5.75 Å². The van der Waals surface area contributed by atoms with Crippen molar-refractivity contribution in [3.05, 3.63) is 29.3 Å². The van der Waals surface area contributed by atoms with Crippen molar-refractivity contribution >= 4 is 5.78 Å². The van der Waals surface area contributed by atoms with Crippen LogP contribution in [0.1, 0.15) is 36.7 Å². The van der Waals surface area contributed by atoms with E-state index in [4.69, 9.17) is 4.74 Å². The van der Waals surface area contributed by atoms with Crippen LogP contribution in [0.5, 0.6) is 5.75 Å². The van der Waals surface area contributed by atoms with Crippen molar-refractivity contribution in [2.75, 3.05) is 14.2 Å². The molecule has 3 nitrogen and oxygen atoms in total. The lowest BCUT2D eigenvalue weighted by Crippen LogP contribution is -2.44. The summed E-state index contributed by atoms with van der Waals surface area (Å²) in [6.07, 6.45) is 0.851. The van der Waals surface area contributed by atoms with Gasteiger partial charge in [0.25, 0.3) is 0 Å². The summed E-state index contributed by atoms with van der Waals surface area (Å²) in [5, 5.41) is 3.02. The molecule has 1 aromatic carbocycles. The number of aryl methyl sites for hydroxylation is 1. The van der Waals surface area contributed by atoms with Crippen LogP contribution in [0, 0.1) is 0 Å². The predicted octanol–water partition coefficient (Wildman–Crippen LogP) is 2.44. The van der Waals surface area contributed by atoms with Crippen LogP contribution >= 0.6 is 0 Å². The lowest BCUT2D eigenvalue weighted by molar-refractivity contribution is 0.0889. The van der Waals surface area contributed by atoms with Crippen molar-refractivity contribution in [1.82, 2.24) is 5.32 Å². The SMILES string of the molecule is CCc1cc(C(=O)C(C)(C)NC)ccc1OC. The number of hydrogen-bond acceptors (Lipinski definition) is 3. The number of ketones is 1. The Labute approximate surface area is 103 Å². The summed E-state index contributed by atoms with van der Waals surface area (Å²) in [5.41, 5.74) is 1.24. The molecule has 0 atom stereocenters. The highest BCUT2D eigenvalue weighted by Crippen LogP contribution is 2.22. The van der Waals surface area contributed by atoms with Gasteiger partial charge in [0, 0.05) is 5.56 Å².